The summed E-state index contributed by atoms with van der Waals surface area (Å²) >= 11 is 0. The lowest BCUT2D eigenvalue weighted by Gasteiger charge is -2.24. The predicted octanol–water partition coefficient (Wildman–Crippen LogP) is 3.65. The number of Topliss-reactive ketones (excluding diaryl/α,β-unsaturated/α-hetero) is 1. The van der Waals surface area contributed by atoms with Gasteiger partial charge in [0.05, 0.1) is 6.54 Å². The number of hydrogen-bond acceptors (Lipinski definition) is 2. The van der Waals surface area contributed by atoms with Crippen LogP contribution in [0.2, 0.25) is 0 Å². The molecule has 0 N–H and O–H groups in total. The summed E-state index contributed by atoms with van der Waals surface area (Å²) in [5, 5.41) is 2.47. The van der Waals surface area contributed by atoms with Crippen LogP contribution in [0.4, 0.5) is 5.69 Å². The van der Waals surface area contributed by atoms with Gasteiger partial charge in [0.1, 0.15) is 0 Å². The van der Waals surface area contributed by atoms with Gasteiger partial charge < -0.3 is 4.90 Å². The fourth-order valence-corrected chi connectivity index (χ4v) is 2.57. The van der Waals surface area contributed by atoms with Gasteiger partial charge in [-0.2, -0.15) is 0 Å². The Hall–Kier alpha value is -1.83. The van der Waals surface area contributed by atoms with Crippen molar-refractivity contribution in [1.82, 2.24) is 0 Å². The van der Waals surface area contributed by atoms with E-state index in [1.165, 1.54) is 16.5 Å². The van der Waals surface area contributed by atoms with Crippen molar-refractivity contribution in [2.24, 2.45) is 5.92 Å². The van der Waals surface area contributed by atoms with Crippen molar-refractivity contribution in [2.45, 2.75) is 19.8 Å². The number of ketones is 1. The number of anilines is 1. The Labute approximate surface area is 114 Å². The molecule has 0 aromatic heterocycles. The van der Waals surface area contributed by atoms with Gasteiger partial charge in [-0.25, -0.2) is 0 Å². The molecule has 0 amide bonds. The molecule has 0 aliphatic heterocycles. The van der Waals surface area contributed by atoms with Crippen molar-refractivity contribution in [3.63, 3.8) is 0 Å². The van der Waals surface area contributed by atoms with E-state index in [9.17, 15) is 4.79 Å². The summed E-state index contributed by atoms with van der Waals surface area (Å²) in [6.45, 7) is 3.53. The van der Waals surface area contributed by atoms with Crippen LogP contribution < -0.4 is 4.90 Å². The minimum absolute atomic E-state index is 0.337. The molecule has 0 atom stereocenters. The third-order valence-corrected chi connectivity index (χ3v) is 3.87. The van der Waals surface area contributed by atoms with Gasteiger partial charge in [0.15, 0.2) is 5.78 Å². The number of carbonyl (C=O) groups is 1. The topological polar surface area (TPSA) is 20.3 Å². The van der Waals surface area contributed by atoms with Crippen LogP contribution in [-0.2, 0) is 4.79 Å². The first-order chi connectivity index (χ1) is 9.29. The first-order valence-corrected chi connectivity index (χ1v) is 7.05. The number of likely N-dealkylation sites (N-methyl/N-ethyl adjacent to an activating group) is 1. The number of rotatable bonds is 5. The molecule has 1 saturated carbocycles. The highest BCUT2D eigenvalue weighted by Crippen LogP contribution is 2.32. The molecule has 2 nitrogen and oxygen atoms in total. The van der Waals surface area contributed by atoms with Gasteiger partial charge >= 0.3 is 0 Å². The van der Waals surface area contributed by atoms with E-state index in [0.717, 1.165) is 19.4 Å². The molecule has 1 fully saturated rings. The zero-order valence-corrected chi connectivity index (χ0v) is 11.3. The number of hydrogen-bond donors (Lipinski definition) is 0. The van der Waals surface area contributed by atoms with Gasteiger partial charge in [0.2, 0.25) is 0 Å². The summed E-state index contributed by atoms with van der Waals surface area (Å²) < 4.78 is 0. The second-order valence-electron chi connectivity index (χ2n) is 5.25. The highest BCUT2D eigenvalue weighted by molar-refractivity contribution is 5.96. The van der Waals surface area contributed by atoms with Crippen molar-refractivity contribution in [2.75, 3.05) is 18.0 Å². The van der Waals surface area contributed by atoms with Gasteiger partial charge in [-0.1, -0.05) is 36.4 Å². The maximum atomic E-state index is 12.0. The molecule has 1 aliphatic carbocycles. The van der Waals surface area contributed by atoms with Crippen molar-refractivity contribution >= 4 is 22.2 Å². The van der Waals surface area contributed by atoms with Crippen LogP contribution in [-0.4, -0.2) is 18.9 Å². The zero-order chi connectivity index (χ0) is 13.2. The summed E-state index contributed by atoms with van der Waals surface area (Å²) in [5.74, 6) is 0.735. The molecule has 0 unspecified atom stereocenters. The lowest BCUT2D eigenvalue weighted by atomic mass is 10.1. The van der Waals surface area contributed by atoms with E-state index in [1.807, 2.05) is 0 Å². The largest absolute Gasteiger partial charge is 0.364 e. The average molecular weight is 253 g/mol. The first-order valence-electron chi connectivity index (χ1n) is 7.05. The summed E-state index contributed by atoms with van der Waals surface area (Å²) in [6.07, 6.45) is 2.18. The number of nitrogens with zero attached hydrogens (tertiary/aromatic N) is 1. The maximum absolute atomic E-state index is 12.0. The Morgan fingerprint density at radius 3 is 2.63 bits per heavy atom. The average Bonchev–Trinajstić information content (AvgIpc) is 3.28. The first kappa shape index (κ1) is 12.2. The number of fused-ring (bicyclic) bond motifs is 1. The third-order valence-electron chi connectivity index (χ3n) is 3.87. The predicted molar refractivity (Wildman–Crippen MR) is 79.6 cm³/mol. The van der Waals surface area contributed by atoms with Crippen LogP contribution in [0.3, 0.4) is 0 Å². The normalized spacial score (nSPS) is 14.6. The second kappa shape index (κ2) is 5.04. The van der Waals surface area contributed by atoms with E-state index < -0.39 is 0 Å². The van der Waals surface area contributed by atoms with Gasteiger partial charge in [-0.3, -0.25) is 4.79 Å². The molecule has 0 bridgehead atoms. The minimum atomic E-state index is 0.337. The maximum Gasteiger partial charge on any atom is 0.155 e. The molecule has 2 aromatic carbocycles. The van der Waals surface area contributed by atoms with Crippen LogP contribution >= 0.6 is 0 Å². The summed E-state index contributed by atoms with van der Waals surface area (Å²) in [6, 6.07) is 14.7. The van der Waals surface area contributed by atoms with Gasteiger partial charge in [-0.05, 0) is 31.2 Å². The van der Waals surface area contributed by atoms with Crippen LogP contribution in [0, 0.1) is 5.92 Å². The lowest BCUT2D eigenvalue weighted by molar-refractivity contribution is -0.118. The van der Waals surface area contributed by atoms with Gasteiger partial charge in [-0.15, -0.1) is 0 Å². The second-order valence-corrected chi connectivity index (χ2v) is 5.25. The van der Waals surface area contributed by atoms with E-state index in [0.29, 0.717) is 18.2 Å². The quantitative estimate of drug-likeness (QED) is 0.810. The molecule has 3 rings (SSSR count). The highest BCUT2D eigenvalue weighted by Gasteiger charge is 2.30. The molecular weight excluding hydrogens is 234 g/mol. The number of carbonyl (C=O) groups excluding carboxylic acids is 1. The van der Waals surface area contributed by atoms with Crippen LogP contribution in [0.15, 0.2) is 42.5 Å². The van der Waals surface area contributed by atoms with Crippen LogP contribution in [0.5, 0.6) is 0 Å². The third kappa shape index (κ3) is 2.48. The summed E-state index contributed by atoms with van der Waals surface area (Å²) in [5.41, 5.74) is 1.18. The monoisotopic (exact) mass is 253 g/mol. The molecule has 0 heterocycles. The number of benzene rings is 2. The lowest BCUT2D eigenvalue weighted by Crippen LogP contribution is -2.30. The molecular formula is C17H19NO. The fourth-order valence-electron chi connectivity index (χ4n) is 2.57. The molecule has 0 spiro atoms. The molecule has 0 radical (unpaired) electrons. The van der Waals surface area contributed by atoms with E-state index in [4.69, 9.17) is 0 Å². The van der Waals surface area contributed by atoms with E-state index in [1.54, 1.807) is 0 Å². The Balaban J connectivity index is 1.93. The van der Waals surface area contributed by atoms with Gasteiger partial charge in [0.25, 0.3) is 0 Å². The smallest absolute Gasteiger partial charge is 0.155 e. The van der Waals surface area contributed by atoms with E-state index in [2.05, 4.69) is 54.3 Å². The Bertz CT molecular complexity index is 596. The Kier molecular flexibility index (Phi) is 3.24. The van der Waals surface area contributed by atoms with Gasteiger partial charge in [0, 0.05) is 23.5 Å². The molecule has 98 valence electrons. The van der Waals surface area contributed by atoms with Crippen molar-refractivity contribution in [3.8, 4) is 0 Å². The molecule has 0 saturated heterocycles. The molecule has 2 aromatic rings. The SMILES string of the molecule is CCN(CC(=O)C1CC1)c1cccc2ccccc12. The van der Waals surface area contributed by atoms with E-state index in [-0.39, 0.29) is 0 Å². The highest BCUT2D eigenvalue weighted by atomic mass is 16.1. The summed E-state index contributed by atoms with van der Waals surface area (Å²) in [4.78, 5) is 14.2. The Morgan fingerprint density at radius 2 is 1.89 bits per heavy atom. The zero-order valence-electron chi connectivity index (χ0n) is 11.3. The molecule has 19 heavy (non-hydrogen) atoms. The molecule has 2 heteroatoms. The molecule has 1 aliphatic rings. The van der Waals surface area contributed by atoms with Crippen LogP contribution in [0.1, 0.15) is 19.8 Å². The van der Waals surface area contributed by atoms with E-state index >= 15 is 0 Å². The van der Waals surface area contributed by atoms with Crippen molar-refractivity contribution in [3.05, 3.63) is 42.5 Å². The van der Waals surface area contributed by atoms with Crippen molar-refractivity contribution < 1.29 is 4.79 Å². The Morgan fingerprint density at radius 1 is 1.16 bits per heavy atom. The minimum Gasteiger partial charge on any atom is -0.364 e. The summed E-state index contributed by atoms with van der Waals surface area (Å²) in [7, 11) is 0. The standard InChI is InChI=1S/C17H19NO/c1-2-18(12-17(19)14-10-11-14)16-9-5-7-13-6-3-4-8-15(13)16/h3-9,14H,2,10-12H2,1H3. The fraction of sp³-hybridized carbons (Fsp3) is 0.353. The van der Waals surface area contributed by atoms with Crippen molar-refractivity contribution in [1.29, 1.82) is 0 Å². The van der Waals surface area contributed by atoms with Crippen LogP contribution in [0.25, 0.3) is 10.8 Å².